The van der Waals surface area contributed by atoms with Crippen molar-refractivity contribution in [2.75, 3.05) is 11.9 Å². The molecule has 1 aromatic carbocycles. The Labute approximate surface area is 194 Å². The second-order valence-corrected chi connectivity index (χ2v) is 8.85. The van der Waals surface area contributed by atoms with Crippen molar-refractivity contribution in [3.8, 4) is 0 Å². The summed E-state index contributed by atoms with van der Waals surface area (Å²) in [4.78, 5) is 19.5. The molecule has 1 fully saturated rings. The molecule has 4 rings (SSSR count). The summed E-state index contributed by atoms with van der Waals surface area (Å²) in [7, 11) is 0. The lowest BCUT2D eigenvalue weighted by Crippen LogP contribution is -2.37. The van der Waals surface area contributed by atoms with Gasteiger partial charge in [-0.2, -0.15) is 0 Å². The Hall–Kier alpha value is -3.19. The van der Waals surface area contributed by atoms with Gasteiger partial charge in [-0.25, -0.2) is 0 Å². The fourth-order valence-electron chi connectivity index (χ4n) is 4.69. The Bertz CT molecular complexity index is 1110. The molecule has 1 aliphatic rings. The first-order valence-corrected chi connectivity index (χ1v) is 11.3. The summed E-state index contributed by atoms with van der Waals surface area (Å²) in [6, 6.07) is 17.6. The first kappa shape index (κ1) is 22.0. The van der Waals surface area contributed by atoms with Crippen LogP contribution < -0.4 is 10.6 Å². The van der Waals surface area contributed by atoms with Crippen molar-refractivity contribution in [3.05, 3.63) is 83.4 Å². The van der Waals surface area contributed by atoms with Gasteiger partial charge in [0.2, 0.25) is 5.91 Å². The van der Waals surface area contributed by atoms with Gasteiger partial charge >= 0.3 is 0 Å². The predicted molar refractivity (Wildman–Crippen MR) is 132 cm³/mol. The average Bonchev–Trinajstić information content (AvgIpc) is 3.24. The second kappa shape index (κ2) is 9.12. The van der Waals surface area contributed by atoms with Crippen LogP contribution in [0.1, 0.15) is 54.6 Å². The topological polar surface area (TPSA) is 62.2 Å². The molecule has 0 unspecified atom stereocenters. The lowest BCUT2D eigenvalue weighted by molar-refractivity contribution is -0.116. The number of carbonyl (C=O) groups is 1. The summed E-state index contributed by atoms with van der Waals surface area (Å²) in [5.41, 5.74) is 5.21. The minimum Gasteiger partial charge on any atom is -0.352 e. The van der Waals surface area contributed by atoms with E-state index in [4.69, 9.17) is 12.2 Å². The molecule has 2 aromatic heterocycles. The van der Waals surface area contributed by atoms with E-state index in [2.05, 4.69) is 53.9 Å². The van der Waals surface area contributed by atoms with Crippen molar-refractivity contribution < 1.29 is 4.79 Å². The van der Waals surface area contributed by atoms with E-state index in [1.54, 1.807) is 6.20 Å². The lowest BCUT2D eigenvalue weighted by atomic mass is 9.96. The molecule has 7 heteroatoms. The molecule has 0 saturated carbocycles. The number of para-hydroxylation sites is 1. The molecule has 166 valence electrons. The number of thiocarbonyl (C=S) groups is 1. The maximum atomic E-state index is 12.9. The van der Waals surface area contributed by atoms with Gasteiger partial charge in [-0.3, -0.25) is 9.78 Å². The maximum absolute atomic E-state index is 12.9. The Kier molecular flexibility index (Phi) is 6.28. The third kappa shape index (κ3) is 4.25. The normalized spacial score (nSPS) is 18.2. The summed E-state index contributed by atoms with van der Waals surface area (Å²) in [6.07, 6.45) is 1.79. The highest BCUT2D eigenvalue weighted by atomic mass is 32.1. The molecule has 3 aromatic rings. The van der Waals surface area contributed by atoms with Gasteiger partial charge in [-0.1, -0.05) is 24.3 Å². The molecule has 2 atom stereocenters. The largest absolute Gasteiger partial charge is 0.352 e. The molecular weight excluding hydrogens is 418 g/mol. The molecular formula is C25H29N5OS. The van der Waals surface area contributed by atoms with Crippen molar-refractivity contribution >= 4 is 28.9 Å². The molecule has 1 saturated heterocycles. The monoisotopic (exact) mass is 447 g/mol. The van der Waals surface area contributed by atoms with E-state index in [1.807, 2.05) is 53.4 Å². The van der Waals surface area contributed by atoms with Crippen molar-refractivity contribution in [3.63, 3.8) is 0 Å². The highest BCUT2D eigenvalue weighted by Gasteiger charge is 2.42. The van der Waals surface area contributed by atoms with Crippen LogP contribution in [0.15, 0.2) is 60.8 Å². The molecule has 1 amide bonds. The highest BCUT2D eigenvalue weighted by molar-refractivity contribution is 7.80. The van der Waals surface area contributed by atoms with Gasteiger partial charge in [0.1, 0.15) is 6.54 Å². The number of hydrogen-bond acceptors (Lipinski definition) is 3. The molecule has 1 aliphatic heterocycles. The van der Waals surface area contributed by atoms with E-state index in [1.165, 1.54) is 11.4 Å². The first-order valence-electron chi connectivity index (χ1n) is 10.9. The molecule has 3 heterocycles. The van der Waals surface area contributed by atoms with Crippen LogP contribution in [0.3, 0.4) is 0 Å². The number of carbonyl (C=O) groups excluding carboxylic acids is 1. The number of hydrogen-bond donors (Lipinski definition) is 2. The zero-order valence-electron chi connectivity index (χ0n) is 18.9. The lowest BCUT2D eigenvalue weighted by Gasteiger charge is -2.28. The smallest absolute Gasteiger partial charge is 0.244 e. The van der Waals surface area contributed by atoms with Gasteiger partial charge in [-0.05, 0) is 75.8 Å². The third-order valence-electron chi connectivity index (χ3n) is 5.93. The molecule has 0 aliphatic carbocycles. The van der Waals surface area contributed by atoms with Crippen molar-refractivity contribution in [1.82, 2.24) is 19.8 Å². The molecule has 32 heavy (non-hydrogen) atoms. The van der Waals surface area contributed by atoms with E-state index < -0.39 is 0 Å². The molecule has 0 spiro atoms. The van der Waals surface area contributed by atoms with E-state index in [0.717, 1.165) is 16.9 Å². The summed E-state index contributed by atoms with van der Waals surface area (Å²) in [5.74, 6) is -0.107. The number of nitrogens with zero attached hydrogens (tertiary/aromatic N) is 3. The van der Waals surface area contributed by atoms with Crippen LogP contribution in [0.25, 0.3) is 0 Å². The average molecular weight is 448 g/mol. The third-order valence-corrected chi connectivity index (χ3v) is 6.28. The van der Waals surface area contributed by atoms with Crippen LogP contribution in [0.5, 0.6) is 0 Å². The number of aryl methyl sites for hydroxylation is 1. The van der Waals surface area contributed by atoms with Crippen molar-refractivity contribution in [1.29, 1.82) is 0 Å². The van der Waals surface area contributed by atoms with Crippen LogP contribution in [0.4, 0.5) is 5.69 Å². The van der Waals surface area contributed by atoms with Crippen LogP contribution >= 0.6 is 12.2 Å². The summed E-state index contributed by atoms with van der Waals surface area (Å²) < 4.78 is 2.33. The Morgan fingerprint density at radius 1 is 1.16 bits per heavy atom. The second-order valence-electron chi connectivity index (χ2n) is 8.46. The minimum absolute atomic E-state index is 0.107. The number of anilines is 1. The first-order chi connectivity index (χ1) is 15.4. The summed E-state index contributed by atoms with van der Waals surface area (Å²) in [5, 5.41) is 6.96. The van der Waals surface area contributed by atoms with E-state index >= 15 is 0 Å². The zero-order valence-corrected chi connectivity index (χ0v) is 19.7. The Morgan fingerprint density at radius 3 is 2.50 bits per heavy atom. The van der Waals surface area contributed by atoms with Crippen LogP contribution in [-0.4, -0.2) is 32.0 Å². The quantitative estimate of drug-likeness (QED) is 0.537. The molecule has 0 radical (unpaired) electrons. The van der Waals surface area contributed by atoms with Gasteiger partial charge < -0.3 is 20.1 Å². The van der Waals surface area contributed by atoms with Crippen LogP contribution in [-0.2, 0) is 4.79 Å². The van der Waals surface area contributed by atoms with Gasteiger partial charge in [0.25, 0.3) is 0 Å². The van der Waals surface area contributed by atoms with Crippen molar-refractivity contribution in [2.45, 2.75) is 45.8 Å². The van der Waals surface area contributed by atoms with E-state index in [-0.39, 0.29) is 24.5 Å². The highest BCUT2D eigenvalue weighted by Crippen LogP contribution is 2.41. The fraction of sp³-hybridized carbons (Fsp3) is 0.320. The van der Waals surface area contributed by atoms with Crippen LogP contribution in [0.2, 0.25) is 0 Å². The molecule has 0 bridgehead atoms. The van der Waals surface area contributed by atoms with Gasteiger partial charge in [0.15, 0.2) is 5.11 Å². The van der Waals surface area contributed by atoms with E-state index in [9.17, 15) is 4.79 Å². The van der Waals surface area contributed by atoms with E-state index in [0.29, 0.717) is 11.2 Å². The minimum atomic E-state index is -0.144. The van der Waals surface area contributed by atoms with Gasteiger partial charge in [0.05, 0.1) is 17.8 Å². The summed E-state index contributed by atoms with van der Waals surface area (Å²) >= 11 is 5.71. The standard InChI is InChI=1S/C25H29N5OS/c1-16(2)30-17(3)14-20(18(30)4)24-23(21-12-8-9-13-26-21)28-25(32)29(24)15-22(31)27-19-10-6-5-7-11-19/h5-14,16,23-24H,15H2,1-4H3,(H,27,31)(H,28,32)/t23-,24+/m0/s1. The summed E-state index contributed by atoms with van der Waals surface area (Å²) in [6.45, 7) is 8.78. The van der Waals surface area contributed by atoms with Crippen molar-refractivity contribution in [2.24, 2.45) is 0 Å². The predicted octanol–water partition coefficient (Wildman–Crippen LogP) is 4.69. The fourth-order valence-corrected chi connectivity index (χ4v) is 4.99. The Balaban J connectivity index is 1.70. The van der Waals surface area contributed by atoms with Gasteiger partial charge in [0, 0.05) is 29.3 Å². The number of rotatable bonds is 6. The maximum Gasteiger partial charge on any atom is 0.244 e. The number of nitrogens with one attached hydrogen (secondary N) is 2. The SMILES string of the molecule is Cc1cc([C@@H]2[C@H](c3ccccn3)NC(=S)N2CC(=O)Nc2ccccc2)c(C)n1C(C)C. The molecule has 2 N–H and O–H groups in total. The Morgan fingerprint density at radius 2 is 1.88 bits per heavy atom. The number of benzene rings is 1. The number of aromatic nitrogens is 2. The number of pyridine rings is 1. The molecule has 6 nitrogen and oxygen atoms in total. The zero-order chi connectivity index (χ0) is 22.8. The number of amides is 1. The van der Waals surface area contributed by atoms with Crippen LogP contribution in [0, 0.1) is 13.8 Å². The van der Waals surface area contributed by atoms with Gasteiger partial charge in [-0.15, -0.1) is 0 Å².